The number of fused-ring (bicyclic) bond motifs is 1. The minimum atomic E-state index is -0.841. The van der Waals surface area contributed by atoms with Crippen LogP contribution in [0.3, 0.4) is 0 Å². The Hall–Kier alpha value is -3.38. The lowest BCUT2D eigenvalue weighted by Gasteiger charge is -2.40. The SMILES string of the molecule is Cc1oc(C=CCC(C)C)nc1CCOc1ccc2c(c1)C(C(=O)O)N(Cc1ccccc1)[C@@H](C)C2. The van der Waals surface area contributed by atoms with Gasteiger partial charge >= 0.3 is 5.97 Å². The van der Waals surface area contributed by atoms with Gasteiger partial charge in [-0.15, -0.1) is 0 Å². The number of carboxylic acids is 1. The third kappa shape index (κ3) is 6.24. The second-order valence-electron chi connectivity index (χ2n) is 10.00. The minimum absolute atomic E-state index is 0.115. The van der Waals surface area contributed by atoms with E-state index in [0.717, 1.165) is 41.0 Å². The standard InChI is InChI=1S/C30H36N2O4/c1-20(2)9-8-12-28-31-27(22(4)36-28)15-16-35-25-14-13-24-17-21(3)32(19-23-10-6-5-7-11-23)29(30(33)34)26(24)18-25/h5-8,10-14,18,20-21,29H,9,15-17,19H2,1-4H3,(H,33,34)/t21-,29?/m0/s1. The highest BCUT2D eigenvalue weighted by Gasteiger charge is 2.37. The number of carbonyl (C=O) groups is 1. The zero-order valence-electron chi connectivity index (χ0n) is 21.6. The van der Waals surface area contributed by atoms with Crippen molar-refractivity contribution in [2.45, 2.75) is 65.6 Å². The molecule has 4 rings (SSSR count). The maximum Gasteiger partial charge on any atom is 0.325 e. The average Bonchev–Trinajstić information content (AvgIpc) is 3.19. The molecule has 2 aromatic carbocycles. The number of aromatic nitrogens is 1. The number of aryl methyl sites for hydroxylation is 1. The molecule has 0 bridgehead atoms. The lowest BCUT2D eigenvalue weighted by atomic mass is 9.88. The molecule has 0 saturated carbocycles. The highest BCUT2D eigenvalue weighted by molar-refractivity contribution is 5.77. The smallest absolute Gasteiger partial charge is 0.325 e. The van der Waals surface area contributed by atoms with Crippen molar-refractivity contribution in [3.05, 3.63) is 88.6 Å². The monoisotopic (exact) mass is 488 g/mol. The average molecular weight is 489 g/mol. The highest BCUT2D eigenvalue weighted by atomic mass is 16.5. The molecular formula is C30H36N2O4. The molecule has 1 N–H and O–H groups in total. The van der Waals surface area contributed by atoms with Crippen molar-refractivity contribution in [2.24, 2.45) is 5.92 Å². The van der Waals surface area contributed by atoms with Crippen molar-refractivity contribution in [1.82, 2.24) is 9.88 Å². The fraction of sp³-hybridized carbons (Fsp3) is 0.400. The van der Waals surface area contributed by atoms with E-state index >= 15 is 0 Å². The lowest BCUT2D eigenvalue weighted by Crippen LogP contribution is -2.44. The van der Waals surface area contributed by atoms with Crippen LogP contribution in [0, 0.1) is 12.8 Å². The van der Waals surface area contributed by atoms with Crippen LogP contribution in [0.4, 0.5) is 0 Å². The van der Waals surface area contributed by atoms with Crippen LogP contribution in [0.2, 0.25) is 0 Å². The summed E-state index contributed by atoms with van der Waals surface area (Å²) in [7, 11) is 0. The number of aliphatic carboxylic acids is 1. The highest BCUT2D eigenvalue weighted by Crippen LogP contribution is 2.36. The number of benzene rings is 2. The van der Waals surface area contributed by atoms with E-state index in [1.165, 1.54) is 0 Å². The van der Waals surface area contributed by atoms with Gasteiger partial charge in [0.25, 0.3) is 0 Å². The van der Waals surface area contributed by atoms with Gasteiger partial charge in [-0.05, 0) is 67.5 Å². The van der Waals surface area contributed by atoms with E-state index in [1.54, 1.807) is 0 Å². The number of hydrogen-bond donors (Lipinski definition) is 1. The second-order valence-corrected chi connectivity index (χ2v) is 10.00. The van der Waals surface area contributed by atoms with Crippen LogP contribution in [-0.2, 0) is 24.2 Å². The van der Waals surface area contributed by atoms with Gasteiger partial charge in [-0.1, -0.05) is 56.3 Å². The first-order chi connectivity index (χ1) is 17.3. The van der Waals surface area contributed by atoms with Crippen LogP contribution in [0.5, 0.6) is 5.75 Å². The second kappa shape index (κ2) is 11.6. The minimum Gasteiger partial charge on any atom is -0.493 e. The van der Waals surface area contributed by atoms with Gasteiger partial charge in [0, 0.05) is 19.0 Å². The third-order valence-corrected chi connectivity index (χ3v) is 6.65. The van der Waals surface area contributed by atoms with Crippen LogP contribution in [0.1, 0.15) is 67.3 Å². The largest absolute Gasteiger partial charge is 0.493 e. The van der Waals surface area contributed by atoms with Crippen LogP contribution >= 0.6 is 0 Å². The molecule has 1 aliphatic heterocycles. The first kappa shape index (κ1) is 25.7. The molecule has 1 unspecified atom stereocenters. The molecule has 1 aromatic heterocycles. The van der Waals surface area contributed by atoms with Gasteiger partial charge in [0.1, 0.15) is 17.6 Å². The Morgan fingerprint density at radius 2 is 2.03 bits per heavy atom. The molecule has 190 valence electrons. The summed E-state index contributed by atoms with van der Waals surface area (Å²) >= 11 is 0. The van der Waals surface area contributed by atoms with Crippen molar-refractivity contribution in [3.8, 4) is 5.75 Å². The van der Waals surface area contributed by atoms with Gasteiger partial charge in [0.2, 0.25) is 5.89 Å². The van der Waals surface area contributed by atoms with Gasteiger partial charge in [-0.3, -0.25) is 9.69 Å². The predicted molar refractivity (Wildman–Crippen MR) is 141 cm³/mol. The number of oxazole rings is 1. The summed E-state index contributed by atoms with van der Waals surface area (Å²) in [5.41, 5.74) is 3.86. The first-order valence-corrected chi connectivity index (χ1v) is 12.7. The molecule has 2 heterocycles. The Labute approximate surface area is 213 Å². The Bertz CT molecular complexity index is 1200. The van der Waals surface area contributed by atoms with Crippen molar-refractivity contribution in [3.63, 3.8) is 0 Å². The summed E-state index contributed by atoms with van der Waals surface area (Å²) in [4.78, 5) is 19.1. The fourth-order valence-electron chi connectivity index (χ4n) is 4.75. The van der Waals surface area contributed by atoms with E-state index in [4.69, 9.17) is 9.15 Å². The van der Waals surface area contributed by atoms with Crippen molar-refractivity contribution < 1.29 is 19.1 Å². The Kier molecular flexibility index (Phi) is 8.26. The molecule has 3 aromatic rings. The van der Waals surface area contributed by atoms with Gasteiger partial charge in [0.05, 0.1) is 12.3 Å². The zero-order chi connectivity index (χ0) is 25.7. The van der Waals surface area contributed by atoms with Crippen LogP contribution in [0.25, 0.3) is 6.08 Å². The zero-order valence-corrected chi connectivity index (χ0v) is 21.6. The van der Waals surface area contributed by atoms with Gasteiger partial charge in [-0.2, -0.15) is 0 Å². The summed E-state index contributed by atoms with van der Waals surface area (Å²) in [6.45, 7) is 9.38. The summed E-state index contributed by atoms with van der Waals surface area (Å²) in [5, 5.41) is 10.2. The lowest BCUT2D eigenvalue weighted by molar-refractivity contribution is -0.145. The van der Waals surface area contributed by atoms with Gasteiger partial charge in [-0.25, -0.2) is 4.98 Å². The van der Waals surface area contributed by atoms with E-state index < -0.39 is 12.0 Å². The molecular weight excluding hydrogens is 452 g/mol. The molecule has 6 heteroatoms. The first-order valence-electron chi connectivity index (χ1n) is 12.7. The van der Waals surface area contributed by atoms with Crippen molar-refractivity contribution in [1.29, 1.82) is 0 Å². The van der Waals surface area contributed by atoms with Crippen LogP contribution in [-0.4, -0.2) is 33.6 Å². The van der Waals surface area contributed by atoms with E-state index in [0.29, 0.717) is 37.1 Å². The normalized spacial score (nSPS) is 18.0. The molecule has 0 amide bonds. The number of ether oxygens (including phenoxy) is 1. The Morgan fingerprint density at radius 3 is 2.75 bits per heavy atom. The molecule has 36 heavy (non-hydrogen) atoms. The van der Waals surface area contributed by atoms with E-state index in [-0.39, 0.29) is 6.04 Å². The van der Waals surface area contributed by atoms with Crippen LogP contribution in [0.15, 0.2) is 59.0 Å². The summed E-state index contributed by atoms with van der Waals surface area (Å²) < 4.78 is 11.8. The van der Waals surface area contributed by atoms with E-state index in [1.807, 2.05) is 61.5 Å². The molecule has 0 aliphatic carbocycles. The van der Waals surface area contributed by atoms with E-state index in [9.17, 15) is 9.90 Å². The number of carboxylic acid groups (broad SMARTS) is 1. The molecule has 0 fully saturated rings. The molecule has 0 saturated heterocycles. The van der Waals surface area contributed by atoms with Gasteiger partial charge in [0.15, 0.2) is 0 Å². The van der Waals surface area contributed by atoms with Gasteiger partial charge < -0.3 is 14.3 Å². The van der Waals surface area contributed by atoms with Crippen molar-refractivity contribution >= 4 is 12.0 Å². The van der Waals surface area contributed by atoms with Crippen LogP contribution < -0.4 is 4.74 Å². The molecule has 6 nitrogen and oxygen atoms in total. The maximum absolute atomic E-state index is 12.4. The summed E-state index contributed by atoms with van der Waals surface area (Å²) in [5.74, 6) is 1.84. The van der Waals surface area contributed by atoms with E-state index in [2.05, 4.69) is 36.7 Å². The summed E-state index contributed by atoms with van der Waals surface area (Å²) in [6.07, 6.45) is 6.41. The fourth-order valence-corrected chi connectivity index (χ4v) is 4.75. The third-order valence-electron chi connectivity index (χ3n) is 6.65. The number of nitrogens with zero attached hydrogens (tertiary/aromatic N) is 2. The maximum atomic E-state index is 12.4. The molecule has 0 radical (unpaired) electrons. The Balaban J connectivity index is 1.45. The van der Waals surface area contributed by atoms with Crippen molar-refractivity contribution in [2.75, 3.05) is 6.61 Å². The number of hydrogen-bond acceptors (Lipinski definition) is 5. The molecule has 1 aliphatic rings. The number of rotatable bonds is 10. The molecule has 0 spiro atoms. The summed E-state index contributed by atoms with van der Waals surface area (Å²) in [6, 6.07) is 15.3. The Morgan fingerprint density at radius 1 is 1.25 bits per heavy atom. The number of allylic oxidation sites excluding steroid dienone is 1. The molecule has 2 atom stereocenters. The predicted octanol–water partition coefficient (Wildman–Crippen LogP) is 6.24. The quantitative estimate of drug-likeness (QED) is 0.364. The topological polar surface area (TPSA) is 75.8 Å².